The van der Waals surface area contributed by atoms with E-state index >= 15 is 0 Å². The molecule has 6 heteroatoms. The third-order valence-electron chi connectivity index (χ3n) is 3.35. The third-order valence-corrected chi connectivity index (χ3v) is 3.35. The Morgan fingerprint density at radius 3 is 2.55 bits per heavy atom. The molecule has 1 atom stereocenters. The monoisotopic (exact) mass is 300 g/mol. The van der Waals surface area contributed by atoms with Crippen molar-refractivity contribution in [2.75, 3.05) is 0 Å². The topological polar surface area (TPSA) is 80.8 Å². The first-order chi connectivity index (χ1) is 10.3. The quantitative estimate of drug-likeness (QED) is 0.810. The summed E-state index contributed by atoms with van der Waals surface area (Å²) in [6.07, 6.45) is 0.832. The minimum atomic E-state index is -0.793. The predicted octanol–water partition coefficient (Wildman–Crippen LogP) is 3.20. The van der Waals surface area contributed by atoms with Crippen LogP contribution >= 0.6 is 0 Å². The molecule has 0 spiro atoms. The van der Waals surface area contributed by atoms with E-state index in [1.165, 1.54) is 6.92 Å². The van der Waals surface area contributed by atoms with Gasteiger partial charge in [0.15, 0.2) is 11.8 Å². The molecule has 0 aliphatic carbocycles. The zero-order valence-corrected chi connectivity index (χ0v) is 13.5. The Hall–Kier alpha value is -2.42. The predicted molar refractivity (Wildman–Crippen MR) is 82.5 cm³/mol. The highest BCUT2D eigenvalue weighted by atomic mass is 16.5. The molecule has 116 valence electrons. The number of esters is 1. The van der Waals surface area contributed by atoms with Gasteiger partial charge in [0.1, 0.15) is 6.07 Å². The highest BCUT2D eigenvalue weighted by Gasteiger charge is 2.21. The van der Waals surface area contributed by atoms with Crippen molar-refractivity contribution in [3.8, 4) is 6.07 Å². The molecule has 0 aliphatic heterocycles. The van der Waals surface area contributed by atoms with Gasteiger partial charge in [0, 0.05) is 11.7 Å². The SMILES string of the molecule is CC(C)c1cc(C(=O)O[C@@H](C)C#N)c2cnn(C(C)C)c2n1. The van der Waals surface area contributed by atoms with Crippen LogP contribution in [0, 0.1) is 11.3 Å². The van der Waals surface area contributed by atoms with E-state index in [4.69, 9.17) is 10.00 Å². The number of aromatic nitrogens is 3. The van der Waals surface area contributed by atoms with Crippen molar-refractivity contribution >= 4 is 17.0 Å². The number of hydrogen-bond donors (Lipinski definition) is 0. The molecule has 0 fully saturated rings. The minimum Gasteiger partial charge on any atom is -0.444 e. The molecule has 22 heavy (non-hydrogen) atoms. The van der Waals surface area contributed by atoms with Gasteiger partial charge in [0.25, 0.3) is 0 Å². The Kier molecular flexibility index (Phi) is 4.45. The summed E-state index contributed by atoms with van der Waals surface area (Å²) in [6, 6.07) is 3.76. The van der Waals surface area contributed by atoms with E-state index in [2.05, 4.69) is 10.1 Å². The lowest BCUT2D eigenvalue weighted by molar-refractivity contribution is 0.0437. The van der Waals surface area contributed by atoms with Crippen LogP contribution in [-0.2, 0) is 4.74 Å². The number of carbonyl (C=O) groups excluding carboxylic acids is 1. The summed E-state index contributed by atoms with van der Waals surface area (Å²) < 4.78 is 6.92. The second-order valence-corrected chi connectivity index (χ2v) is 5.85. The van der Waals surface area contributed by atoms with Gasteiger partial charge < -0.3 is 4.74 Å². The molecule has 0 aliphatic rings. The van der Waals surface area contributed by atoms with Gasteiger partial charge in [-0.1, -0.05) is 13.8 Å². The van der Waals surface area contributed by atoms with E-state index < -0.39 is 12.1 Å². The summed E-state index contributed by atoms with van der Waals surface area (Å²) in [7, 11) is 0. The van der Waals surface area contributed by atoms with Gasteiger partial charge in [0.05, 0.1) is 17.1 Å². The average molecular weight is 300 g/mol. The van der Waals surface area contributed by atoms with Crippen LogP contribution in [-0.4, -0.2) is 26.8 Å². The second-order valence-electron chi connectivity index (χ2n) is 5.85. The summed E-state index contributed by atoms with van der Waals surface area (Å²) in [5, 5.41) is 13.8. The number of nitrogens with zero attached hydrogens (tertiary/aromatic N) is 4. The van der Waals surface area contributed by atoms with Crippen LogP contribution in [0.25, 0.3) is 11.0 Å². The van der Waals surface area contributed by atoms with E-state index in [9.17, 15) is 4.79 Å². The molecule has 0 amide bonds. The van der Waals surface area contributed by atoms with Crippen molar-refractivity contribution < 1.29 is 9.53 Å². The zero-order chi connectivity index (χ0) is 16.4. The molecule has 2 heterocycles. The molecule has 2 rings (SSSR count). The molecule has 0 radical (unpaired) electrons. The summed E-state index contributed by atoms with van der Waals surface area (Å²) >= 11 is 0. The van der Waals surface area contributed by atoms with Gasteiger partial charge >= 0.3 is 5.97 Å². The minimum absolute atomic E-state index is 0.134. The van der Waals surface area contributed by atoms with Crippen molar-refractivity contribution in [1.29, 1.82) is 5.26 Å². The summed E-state index contributed by atoms with van der Waals surface area (Å²) in [4.78, 5) is 17.0. The highest BCUT2D eigenvalue weighted by Crippen LogP contribution is 2.25. The summed E-state index contributed by atoms with van der Waals surface area (Å²) in [5.74, 6) is -0.355. The van der Waals surface area contributed by atoms with Crippen molar-refractivity contribution in [2.24, 2.45) is 0 Å². The number of hydrogen-bond acceptors (Lipinski definition) is 5. The first-order valence-electron chi connectivity index (χ1n) is 7.33. The second kappa shape index (κ2) is 6.14. The Morgan fingerprint density at radius 1 is 1.32 bits per heavy atom. The van der Waals surface area contributed by atoms with Gasteiger partial charge in [-0.15, -0.1) is 0 Å². The van der Waals surface area contributed by atoms with Gasteiger partial charge in [-0.25, -0.2) is 14.5 Å². The van der Waals surface area contributed by atoms with E-state index in [1.54, 1.807) is 16.9 Å². The lowest BCUT2D eigenvalue weighted by Gasteiger charge is -2.12. The Labute approximate surface area is 129 Å². The molecule has 2 aromatic heterocycles. The standard InChI is InChI=1S/C16H20N4O2/c1-9(2)14-6-12(16(21)22-11(5)7-17)13-8-18-20(10(3)4)15(13)19-14/h6,8-11H,1-5H3/t11-/m0/s1. The van der Waals surface area contributed by atoms with Crippen LogP contribution in [0.1, 0.15) is 62.6 Å². The molecule has 0 saturated carbocycles. The molecule has 2 aromatic rings. The van der Waals surface area contributed by atoms with Gasteiger partial charge in [0.2, 0.25) is 0 Å². The number of ether oxygens (including phenoxy) is 1. The van der Waals surface area contributed by atoms with Crippen LogP contribution in [0.5, 0.6) is 0 Å². The van der Waals surface area contributed by atoms with Gasteiger partial charge in [-0.05, 0) is 32.8 Å². The average Bonchev–Trinajstić information content (AvgIpc) is 2.89. The van der Waals surface area contributed by atoms with Crippen molar-refractivity contribution in [1.82, 2.24) is 14.8 Å². The molecule has 0 saturated heterocycles. The maximum absolute atomic E-state index is 12.3. The van der Waals surface area contributed by atoms with Crippen molar-refractivity contribution in [3.63, 3.8) is 0 Å². The lowest BCUT2D eigenvalue weighted by atomic mass is 10.1. The fourth-order valence-electron chi connectivity index (χ4n) is 2.13. The normalized spacial score (nSPS) is 12.6. The molecular weight excluding hydrogens is 280 g/mol. The summed E-state index contributed by atoms with van der Waals surface area (Å²) in [5.41, 5.74) is 1.87. The third kappa shape index (κ3) is 2.93. The number of fused-ring (bicyclic) bond motifs is 1. The fourth-order valence-corrected chi connectivity index (χ4v) is 2.13. The molecular formula is C16H20N4O2. The fraction of sp³-hybridized carbons (Fsp3) is 0.500. The highest BCUT2D eigenvalue weighted by molar-refractivity contribution is 6.02. The first kappa shape index (κ1) is 16.0. The smallest absolute Gasteiger partial charge is 0.340 e. The number of pyridine rings is 1. The van der Waals surface area contributed by atoms with E-state index in [-0.39, 0.29) is 12.0 Å². The molecule has 0 bridgehead atoms. The molecule has 6 nitrogen and oxygen atoms in total. The number of carbonyl (C=O) groups is 1. The van der Waals surface area contributed by atoms with E-state index in [1.807, 2.05) is 33.8 Å². The van der Waals surface area contributed by atoms with Gasteiger partial charge in [-0.3, -0.25) is 0 Å². The number of nitriles is 1. The Balaban J connectivity index is 2.62. The van der Waals surface area contributed by atoms with E-state index in [0.717, 1.165) is 5.69 Å². The summed E-state index contributed by atoms with van der Waals surface area (Å²) in [6.45, 7) is 9.57. The Morgan fingerprint density at radius 2 is 2.00 bits per heavy atom. The number of rotatable bonds is 4. The van der Waals surface area contributed by atoms with Crippen LogP contribution in [0.3, 0.4) is 0 Å². The maximum Gasteiger partial charge on any atom is 0.340 e. The van der Waals surface area contributed by atoms with Crippen LogP contribution in [0.4, 0.5) is 0 Å². The molecule has 0 N–H and O–H groups in total. The zero-order valence-electron chi connectivity index (χ0n) is 13.5. The van der Waals surface area contributed by atoms with E-state index in [0.29, 0.717) is 16.6 Å². The van der Waals surface area contributed by atoms with Gasteiger partial charge in [-0.2, -0.15) is 10.4 Å². The van der Waals surface area contributed by atoms with Crippen molar-refractivity contribution in [3.05, 3.63) is 23.5 Å². The lowest BCUT2D eigenvalue weighted by Crippen LogP contribution is -2.14. The first-order valence-corrected chi connectivity index (χ1v) is 7.33. The van der Waals surface area contributed by atoms with Crippen molar-refractivity contribution in [2.45, 2.75) is 52.7 Å². The maximum atomic E-state index is 12.3. The Bertz CT molecular complexity index is 740. The molecule has 0 aromatic carbocycles. The van der Waals surface area contributed by atoms with Crippen LogP contribution in [0.2, 0.25) is 0 Å². The van der Waals surface area contributed by atoms with Crippen LogP contribution < -0.4 is 0 Å². The molecule has 0 unspecified atom stereocenters. The van der Waals surface area contributed by atoms with Crippen LogP contribution in [0.15, 0.2) is 12.3 Å². The largest absolute Gasteiger partial charge is 0.444 e.